The lowest BCUT2D eigenvalue weighted by molar-refractivity contribution is -0.127. The van der Waals surface area contributed by atoms with Crippen LogP contribution in [-0.2, 0) is 28.3 Å². The van der Waals surface area contributed by atoms with E-state index in [0.717, 1.165) is 45.2 Å². The van der Waals surface area contributed by atoms with E-state index in [1.165, 1.54) is 4.90 Å². The maximum Gasteiger partial charge on any atom is 0.323 e. The van der Waals surface area contributed by atoms with E-state index in [-0.39, 0.29) is 19.6 Å². The van der Waals surface area contributed by atoms with E-state index in [1.54, 1.807) is 7.11 Å². The number of likely N-dealkylation sites (tertiary alicyclic amines) is 1. The summed E-state index contributed by atoms with van der Waals surface area (Å²) in [6.07, 6.45) is 0.101. The summed E-state index contributed by atoms with van der Waals surface area (Å²) in [6, 6.07) is 28.6. The SMILES string of the molecule is CCn1c2ccccc2c2cc(C3(C(N)=O)CC(=NOCc4ccc(OC)cc4)CN3C(=O)Nc3cccc(C)c3)ccc21. The Morgan fingerprint density at radius 1 is 0.955 bits per heavy atom. The third-order valence-electron chi connectivity index (χ3n) is 8.33. The van der Waals surface area contributed by atoms with Crippen molar-refractivity contribution in [3.8, 4) is 5.75 Å². The molecule has 0 radical (unpaired) electrons. The molecule has 1 saturated heterocycles. The molecule has 6 rings (SSSR count). The Morgan fingerprint density at radius 2 is 1.73 bits per heavy atom. The maximum absolute atomic E-state index is 13.9. The summed E-state index contributed by atoms with van der Waals surface area (Å²) in [5.74, 6) is 0.104. The third kappa shape index (κ3) is 5.10. The second-order valence-electron chi connectivity index (χ2n) is 11.1. The highest BCUT2D eigenvalue weighted by Crippen LogP contribution is 2.41. The number of benzene rings is 4. The number of aromatic nitrogens is 1. The van der Waals surface area contributed by atoms with Crippen LogP contribution in [0.5, 0.6) is 5.75 Å². The van der Waals surface area contributed by atoms with Crippen LogP contribution >= 0.6 is 0 Å². The maximum atomic E-state index is 13.9. The van der Waals surface area contributed by atoms with Crippen molar-refractivity contribution in [2.45, 2.75) is 39.0 Å². The lowest BCUT2D eigenvalue weighted by Gasteiger charge is -2.35. The zero-order valence-electron chi connectivity index (χ0n) is 25.0. The number of methoxy groups -OCH3 is 1. The molecular formula is C35H35N5O4. The first-order valence-electron chi connectivity index (χ1n) is 14.6. The zero-order chi connectivity index (χ0) is 30.8. The van der Waals surface area contributed by atoms with Gasteiger partial charge in [0.1, 0.15) is 12.4 Å². The number of nitrogens with one attached hydrogen (secondary N) is 1. The molecule has 0 saturated carbocycles. The van der Waals surface area contributed by atoms with E-state index < -0.39 is 17.5 Å². The van der Waals surface area contributed by atoms with E-state index in [9.17, 15) is 9.59 Å². The molecule has 2 heterocycles. The number of aryl methyl sites for hydroxylation is 2. The van der Waals surface area contributed by atoms with Gasteiger partial charge in [0.05, 0.1) is 19.4 Å². The van der Waals surface area contributed by atoms with Crippen LogP contribution in [0, 0.1) is 6.92 Å². The summed E-state index contributed by atoms with van der Waals surface area (Å²) in [5, 5.41) is 9.42. The van der Waals surface area contributed by atoms with Crippen molar-refractivity contribution < 1.29 is 19.2 Å². The van der Waals surface area contributed by atoms with Crippen molar-refractivity contribution in [3.05, 3.63) is 108 Å². The van der Waals surface area contributed by atoms with E-state index in [0.29, 0.717) is 17.0 Å². The quantitative estimate of drug-likeness (QED) is 0.206. The molecule has 0 spiro atoms. The molecule has 224 valence electrons. The number of fused-ring (bicyclic) bond motifs is 3. The van der Waals surface area contributed by atoms with Gasteiger partial charge in [0.15, 0.2) is 5.54 Å². The molecular weight excluding hydrogens is 554 g/mol. The zero-order valence-corrected chi connectivity index (χ0v) is 25.0. The average Bonchev–Trinajstić information content (AvgIpc) is 3.58. The molecule has 9 heteroatoms. The normalized spacial score (nSPS) is 17.3. The molecule has 5 aromatic rings. The first-order chi connectivity index (χ1) is 21.3. The van der Waals surface area contributed by atoms with Gasteiger partial charge in [0.2, 0.25) is 5.91 Å². The fourth-order valence-corrected chi connectivity index (χ4v) is 6.18. The number of primary amides is 1. The predicted molar refractivity (Wildman–Crippen MR) is 173 cm³/mol. The van der Waals surface area contributed by atoms with Crippen LogP contribution in [0.15, 0.2) is 96.2 Å². The largest absolute Gasteiger partial charge is 0.497 e. The van der Waals surface area contributed by atoms with Crippen LogP contribution in [0.2, 0.25) is 0 Å². The lowest BCUT2D eigenvalue weighted by Crippen LogP contribution is -2.54. The minimum atomic E-state index is -1.49. The number of anilines is 1. The number of hydrogen-bond donors (Lipinski definition) is 2. The molecule has 1 aromatic heterocycles. The van der Waals surface area contributed by atoms with Crippen molar-refractivity contribution in [2.24, 2.45) is 10.9 Å². The third-order valence-corrected chi connectivity index (χ3v) is 8.33. The van der Waals surface area contributed by atoms with Crippen LogP contribution in [0.4, 0.5) is 10.5 Å². The molecule has 3 amide bonds. The molecule has 1 unspecified atom stereocenters. The van der Waals surface area contributed by atoms with Gasteiger partial charge in [0, 0.05) is 40.5 Å². The van der Waals surface area contributed by atoms with Gasteiger partial charge in [-0.15, -0.1) is 0 Å². The summed E-state index contributed by atoms with van der Waals surface area (Å²) >= 11 is 0. The summed E-state index contributed by atoms with van der Waals surface area (Å²) < 4.78 is 7.47. The highest BCUT2D eigenvalue weighted by atomic mass is 16.6. The molecule has 4 aromatic carbocycles. The average molecular weight is 590 g/mol. The number of nitrogens with two attached hydrogens (primary N) is 1. The van der Waals surface area contributed by atoms with Crippen LogP contribution in [0.25, 0.3) is 21.8 Å². The van der Waals surface area contributed by atoms with Gasteiger partial charge in [-0.2, -0.15) is 0 Å². The standard InChI is InChI=1S/C35H35N5O4/c1-4-39-31-11-6-5-10-29(31)30-19-25(14-17-32(30)39)35(33(36)41)20-27(38-44-22-24-12-15-28(43-3)16-13-24)21-40(35)34(42)37-26-9-7-8-23(2)18-26/h5-19H,4,20-22H2,1-3H3,(H2,36,41)(H,37,42). The van der Waals surface area contributed by atoms with Crippen molar-refractivity contribution in [1.82, 2.24) is 9.47 Å². The Labute approximate surface area is 255 Å². The first kappa shape index (κ1) is 28.8. The fraction of sp³-hybridized carbons (Fsp3) is 0.229. The topological polar surface area (TPSA) is 111 Å². The fourth-order valence-electron chi connectivity index (χ4n) is 6.18. The van der Waals surface area contributed by atoms with Gasteiger partial charge < -0.3 is 25.2 Å². The second kappa shape index (κ2) is 11.8. The number of nitrogens with zero attached hydrogens (tertiary/aromatic N) is 3. The number of ether oxygens (including phenoxy) is 1. The van der Waals surface area contributed by atoms with E-state index in [4.69, 9.17) is 15.3 Å². The number of amides is 3. The molecule has 3 N–H and O–H groups in total. The van der Waals surface area contributed by atoms with Gasteiger partial charge >= 0.3 is 6.03 Å². The van der Waals surface area contributed by atoms with E-state index >= 15 is 0 Å². The highest BCUT2D eigenvalue weighted by molar-refractivity contribution is 6.10. The predicted octanol–water partition coefficient (Wildman–Crippen LogP) is 6.32. The number of hydrogen-bond acceptors (Lipinski definition) is 5. The molecule has 9 nitrogen and oxygen atoms in total. The number of oxime groups is 1. The number of para-hydroxylation sites is 1. The number of urea groups is 1. The molecule has 1 fully saturated rings. The summed E-state index contributed by atoms with van der Waals surface area (Å²) in [7, 11) is 1.61. The Morgan fingerprint density at radius 3 is 2.45 bits per heavy atom. The van der Waals surface area contributed by atoms with Crippen molar-refractivity contribution in [1.29, 1.82) is 0 Å². The van der Waals surface area contributed by atoms with Crippen LogP contribution in [-0.4, -0.2) is 40.8 Å². The minimum Gasteiger partial charge on any atom is -0.497 e. The van der Waals surface area contributed by atoms with E-state index in [2.05, 4.69) is 34.1 Å². The molecule has 1 atom stereocenters. The van der Waals surface area contributed by atoms with Crippen LogP contribution < -0.4 is 15.8 Å². The number of rotatable bonds is 8. The Kier molecular flexibility index (Phi) is 7.69. The van der Waals surface area contributed by atoms with E-state index in [1.807, 2.05) is 85.8 Å². The number of carbonyl (C=O) groups is 2. The monoisotopic (exact) mass is 589 g/mol. The Hall–Kier alpha value is -5.31. The molecule has 44 heavy (non-hydrogen) atoms. The molecule has 0 bridgehead atoms. The van der Waals surface area contributed by atoms with Crippen molar-refractivity contribution in [3.63, 3.8) is 0 Å². The van der Waals surface area contributed by atoms with Crippen molar-refractivity contribution in [2.75, 3.05) is 19.0 Å². The van der Waals surface area contributed by atoms with Gasteiger partial charge in [-0.1, -0.05) is 53.7 Å². The summed E-state index contributed by atoms with van der Waals surface area (Å²) in [6.45, 7) is 5.13. The van der Waals surface area contributed by atoms with Crippen molar-refractivity contribution >= 4 is 45.1 Å². The lowest BCUT2D eigenvalue weighted by atomic mass is 9.85. The first-order valence-corrected chi connectivity index (χ1v) is 14.6. The van der Waals surface area contributed by atoms with Crippen LogP contribution in [0.3, 0.4) is 0 Å². The summed E-state index contributed by atoms with van der Waals surface area (Å²) in [4.78, 5) is 34.7. The molecule has 0 aliphatic carbocycles. The Balaban J connectivity index is 1.41. The van der Waals surface area contributed by atoms with Gasteiger partial charge in [0.25, 0.3) is 0 Å². The van der Waals surface area contributed by atoms with Gasteiger partial charge in [-0.25, -0.2) is 4.79 Å². The Bertz CT molecular complexity index is 1900. The summed E-state index contributed by atoms with van der Waals surface area (Å²) in [5.41, 5.74) is 10.6. The molecule has 1 aliphatic heterocycles. The minimum absolute atomic E-state index is 0.0674. The number of carbonyl (C=O) groups excluding carboxylic acids is 2. The van der Waals surface area contributed by atoms with Gasteiger partial charge in [-0.3, -0.25) is 9.69 Å². The van der Waals surface area contributed by atoms with Gasteiger partial charge in [-0.05, 0) is 73.0 Å². The highest BCUT2D eigenvalue weighted by Gasteiger charge is 2.53. The van der Waals surface area contributed by atoms with Crippen LogP contribution in [0.1, 0.15) is 30.0 Å². The second-order valence-corrected chi connectivity index (χ2v) is 11.1. The molecule has 1 aliphatic rings. The smallest absolute Gasteiger partial charge is 0.323 e.